The van der Waals surface area contributed by atoms with Gasteiger partial charge in [0.25, 0.3) is 0 Å². The van der Waals surface area contributed by atoms with E-state index in [4.69, 9.17) is 0 Å². The van der Waals surface area contributed by atoms with E-state index in [1.165, 1.54) is 19.3 Å². The highest BCUT2D eigenvalue weighted by molar-refractivity contribution is 5.77. The third-order valence-electron chi connectivity index (χ3n) is 3.93. The van der Waals surface area contributed by atoms with Gasteiger partial charge in [-0.15, -0.1) is 0 Å². The van der Waals surface area contributed by atoms with Gasteiger partial charge in [-0.2, -0.15) is 4.73 Å². The first-order valence-corrected chi connectivity index (χ1v) is 7.55. The van der Waals surface area contributed by atoms with Gasteiger partial charge in [0.2, 0.25) is 5.52 Å². The van der Waals surface area contributed by atoms with Crippen LogP contribution >= 0.6 is 0 Å². The molecule has 2 aromatic rings. The number of hydrogen-bond donors (Lipinski definition) is 0. The van der Waals surface area contributed by atoms with Crippen LogP contribution in [0.3, 0.4) is 0 Å². The van der Waals surface area contributed by atoms with Crippen molar-refractivity contribution in [1.29, 1.82) is 0 Å². The zero-order valence-electron chi connectivity index (χ0n) is 12.6. The number of rotatable bonds is 6. The number of pyridine rings is 1. The quantitative estimate of drug-likeness (QED) is 0.435. The number of benzene rings is 1. The highest BCUT2D eigenvalue weighted by Crippen LogP contribution is 2.21. The Kier molecular flexibility index (Phi) is 5.10. The first-order valence-electron chi connectivity index (χ1n) is 7.55. The van der Waals surface area contributed by atoms with Crippen LogP contribution in [0, 0.1) is 23.8 Å². The van der Waals surface area contributed by atoms with Gasteiger partial charge in [-0.1, -0.05) is 32.6 Å². The Morgan fingerprint density at radius 3 is 2.48 bits per heavy atom. The number of hydrogen-bond acceptors (Lipinski definition) is 1. The number of fused-ring (bicyclic) bond motifs is 1. The van der Waals surface area contributed by atoms with Crippen LogP contribution < -0.4 is 4.73 Å². The fraction of sp³-hybridized carbons (Fsp3) is 0.471. The molecule has 1 aromatic carbocycles. The molecule has 0 aliphatic carbocycles. The Morgan fingerprint density at radius 1 is 1.05 bits per heavy atom. The normalized spacial score (nSPS) is 11.2. The minimum Gasteiger partial charge on any atom is -0.618 e. The molecular weight excluding hydrogens is 272 g/mol. The molecule has 0 atom stereocenters. The topological polar surface area (TPSA) is 26.9 Å². The summed E-state index contributed by atoms with van der Waals surface area (Å²) >= 11 is 0. The van der Waals surface area contributed by atoms with E-state index >= 15 is 0 Å². The zero-order chi connectivity index (χ0) is 15.4. The van der Waals surface area contributed by atoms with Crippen molar-refractivity contribution in [3.63, 3.8) is 0 Å². The predicted octanol–water partition coefficient (Wildman–Crippen LogP) is 4.57. The largest absolute Gasteiger partial charge is 0.618 e. The summed E-state index contributed by atoms with van der Waals surface area (Å²) in [6.07, 6.45) is 6.42. The molecule has 0 amide bonds. The molecule has 2 nitrogen and oxygen atoms in total. The minimum atomic E-state index is -0.726. The summed E-state index contributed by atoms with van der Waals surface area (Å²) in [7, 11) is 0. The molecule has 21 heavy (non-hydrogen) atoms. The van der Waals surface area contributed by atoms with Crippen molar-refractivity contribution in [2.75, 3.05) is 0 Å². The van der Waals surface area contributed by atoms with E-state index in [9.17, 15) is 14.0 Å². The summed E-state index contributed by atoms with van der Waals surface area (Å²) in [5, 5.41) is 12.4. The first-order chi connectivity index (χ1) is 10.0. The number of aryl methyl sites for hydroxylation is 1. The van der Waals surface area contributed by atoms with Crippen molar-refractivity contribution in [3.05, 3.63) is 46.3 Å². The van der Waals surface area contributed by atoms with E-state index in [0.717, 1.165) is 37.0 Å². The molecule has 0 N–H and O–H groups in total. The number of unbranched alkanes of at least 4 members (excludes halogenated alkanes) is 4. The predicted molar refractivity (Wildman–Crippen MR) is 80.0 cm³/mol. The molecule has 0 aliphatic heterocycles. The van der Waals surface area contributed by atoms with Crippen molar-refractivity contribution in [2.24, 2.45) is 0 Å². The van der Waals surface area contributed by atoms with Crippen molar-refractivity contribution in [3.8, 4) is 0 Å². The number of nitrogens with zero attached hydrogens (tertiary/aromatic N) is 1. The summed E-state index contributed by atoms with van der Waals surface area (Å²) in [4.78, 5) is 0. The highest BCUT2D eigenvalue weighted by atomic mass is 19.1. The van der Waals surface area contributed by atoms with Gasteiger partial charge >= 0.3 is 0 Å². The van der Waals surface area contributed by atoms with Gasteiger partial charge in [0.05, 0.1) is 5.39 Å². The SMILES string of the molecule is CCCCCCCc1cc2c(F)cc(F)cc2[n+]([O-])c1C. The Labute approximate surface area is 124 Å². The van der Waals surface area contributed by atoms with Gasteiger partial charge in [-0.3, -0.25) is 0 Å². The van der Waals surface area contributed by atoms with Crippen molar-refractivity contribution in [2.45, 2.75) is 52.4 Å². The van der Waals surface area contributed by atoms with E-state index in [1.807, 2.05) is 0 Å². The summed E-state index contributed by atoms with van der Waals surface area (Å²) in [5.74, 6) is -1.40. The van der Waals surface area contributed by atoms with Crippen LogP contribution in [0.4, 0.5) is 8.78 Å². The van der Waals surface area contributed by atoms with E-state index < -0.39 is 11.6 Å². The molecule has 1 heterocycles. The van der Waals surface area contributed by atoms with Crippen molar-refractivity contribution in [1.82, 2.24) is 0 Å². The Hall–Kier alpha value is -1.71. The molecule has 0 saturated heterocycles. The lowest BCUT2D eigenvalue weighted by Gasteiger charge is -2.10. The van der Waals surface area contributed by atoms with E-state index in [2.05, 4.69) is 6.92 Å². The molecule has 0 bridgehead atoms. The monoisotopic (exact) mass is 293 g/mol. The maximum Gasteiger partial charge on any atom is 0.229 e. The fourth-order valence-electron chi connectivity index (χ4n) is 2.64. The maximum atomic E-state index is 13.8. The lowest BCUT2D eigenvalue weighted by atomic mass is 10.0. The molecule has 0 fully saturated rings. The maximum absolute atomic E-state index is 13.8. The molecule has 0 spiro atoms. The van der Waals surface area contributed by atoms with Gasteiger partial charge in [0.15, 0.2) is 5.69 Å². The van der Waals surface area contributed by atoms with Gasteiger partial charge in [0, 0.05) is 24.6 Å². The van der Waals surface area contributed by atoms with Crippen LogP contribution in [0.25, 0.3) is 10.9 Å². The summed E-state index contributed by atoms with van der Waals surface area (Å²) in [6.45, 7) is 3.87. The van der Waals surface area contributed by atoms with Crippen LogP contribution in [0.15, 0.2) is 18.2 Å². The molecule has 0 unspecified atom stereocenters. The molecule has 0 radical (unpaired) electrons. The van der Waals surface area contributed by atoms with Crippen LogP contribution in [0.2, 0.25) is 0 Å². The standard InChI is InChI=1S/C17H21F2NO/c1-3-4-5-6-7-8-13-9-15-16(19)10-14(18)11-17(15)20(21)12(13)2/h9-11H,3-8H2,1-2H3. The molecule has 1 aromatic heterocycles. The molecule has 0 aliphatic rings. The van der Waals surface area contributed by atoms with Gasteiger partial charge in [-0.05, 0) is 18.9 Å². The van der Waals surface area contributed by atoms with Gasteiger partial charge < -0.3 is 5.21 Å². The molecular formula is C17H21F2NO. The van der Waals surface area contributed by atoms with Crippen molar-refractivity contribution < 1.29 is 13.5 Å². The first kappa shape index (κ1) is 15.7. The third-order valence-corrected chi connectivity index (χ3v) is 3.93. The van der Waals surface area contributed by atoms with E-state index in [0.29, 0.717) is 10.4 Å². The van der Waals surface area contributed by atoms with Crippen LogP contribution in [-0.2, 0) is 6.42 Å². The second-order valence-corrected chi connectivity index (χ2v) is 5.53. The lowest BCUT2D eigenvalue weighted by Crippen LogP contribution is -2.32. The van der Waals surface area contributed by atoms with E-state index in [-0.39, 0.29) is 10.9 Å². The van der Waals surface area contributed by atoms with Crippen LogP contribution in [0.1, 0.15) is 50.3 Å². The average molecular weight is 293 g/mol. The number of halogens is 2. The summed E-state index contributed by atoms with van der Waals surface area (Å²) in [6, 6.07) is 3.60. The smallest absolute Gasteiger partial charge is 0.229 e. The summed E-state index contributed by atoms with van der Waals surface area (Å²) < 4.78 is 27.7. The molecule has 4 heteroatoms. The summed E-state index contributed by atoms with van der Waals surface area (Å²) in [5.41, 5.74) is 1.43. The molecule has 0 saturated carbocycles. The third kappa shape index (κ3) is 3.49. The highest BCUT2D eigenvalue weighted by Gasteiger charge is 2.17. The molecule has 2 rings (SSSR count). The second kappa shape index (κ2) is 6.83. The zero-order valence-corrected chi connectivity index (χ0v) is 12.6. The Morgan fingerprint density at radius 2 is 1.76 bits per heavy atom. The van der Waals surface area contributed by atoms with Gasteiger partial charge in [-0.25, -0.2) is 8.78 Å². The van der Waals surface area contributed by atoms with Gasteiger partial charge in [0.1, 0.15) is 11.6 Å². The van der Waals surface area contributed by atoms with Crippen molar-refractivity contribution >= 4 is 10.9 Å². The van der Waals surface area contributed by atoms with Crippen LogP contribution in [-0.4, -0.2) is 0 Å². The Bertz CT molecular complexity index is 640. The minimum absolute atomic E-state index is 0.0553. The fourth-order valence-corrected chi connectivity index (χ4v) is 2.64. The van der Waals surface area contributed by atoms with E-state index in [1.54, 1.807) is 13.0 Å². The molecule has 114 valence electrons. The average Bonchev–Trinajstić information content (AvgIpc) is 2.44. The lowest BCUT2D eigenvalue weighted by molar-refractivity contribution is -0.584. The Balaban J connectivity index is 2.27. The second-order valence-electron chi connectivity index (χ2n) is 5.53. The van der Waals surface area contributed by atoms with Crippen LogP contribution in [0.5, 0.6) is 0 Å². The number of aromatic nitrogens is 1.